The molecule has 1 heterocycles. The maximum atomic E-state index is 4.03. The second-order valence-electron chi connectivity index (χ2n) is 3.03. The molecule has 12 heavy (non-hydrogen) atoms. The molecule has 0 aromatic carbocycles. The molecule has 3 heteroatoms. The standard InChI is InChI=1S/C9H17N3/c1-3-5-6-7-12-8-9(4-2)10-11-12/h8H,3-7H2,1-2H3. The number of nitrogens with zero attached hydrogens (tertiary/aromatic N) is 3. The molecule has 3 nitrogen and oxygen atoms in total. The highest BCUT2D eigenvalue weighted by molar-refractivity contribution is 4.90. The number of aromatic nitrogens is 3. The first-order chi connectivity index (χ1) is 5.86. The molecule has 0 aliphatic carbocycles. The second-order valence-corrected chi connectivity index (χ2v) is 3.03. The summed E-state index contributed by atoms with van der Waals surface area (Å²) in [6, 6.07) is 0. The summed E-state index contributed by atoms with van der Waals surface area (Å²) in [6.45, 7) is 5.32. The fraction of sp³-hybridized carbons (Fsp3) is 0.778. The fourth-order valence-electron chi connectivity index (χ4n) is 1.13. The van der Waals surface area contributed by atoms with E-state index in [2.05, 4.69) is 24.2 Å². The Morgan fingerprint density at radius 1 is 1.33 bits per heavy atom. The van der Waals surface area contributed by atoms with E-state index in [0.29, 0.717) is 0 Å². The fourth-order valence-corrected chi connectivity index (χ4v) is 1.13. The first kappa shape index (κ1) is 9.23. The smallest absolute Gasteiger partial charge is 0.0824 e. The van der Waals surface area contributed by atoms with Crippen LogP contribution in [0.1, 0.15) is 38.8 Å². The zero-order valence-corrected chi connectivity index (χ0v) is 7.95. The van der Waals surface area contributed by atoms with Gasteiger partial charge in [0, 0.05) is 12.7 Å². The average Bonchev–Trinajstić information content (AvgIpc) is 2.53. The van der Waals surface area contributed by atoms with E-state index in [-0.39, 0.29) is 0 Å². The highest BCUT2D eigenvalue weighted by Crippen LogP contribution is 1.99. The molecule has 0 atom stereocenters. The lowest BCUT2D eigenvalue weighted by molar-refractivity contribution is 0.537. The second kappa shape index (κ2) is 4.91. The number of aryl methyl sites for hydroxylation is 2. The maximum absolute atomic E-state index is 4.03. The van der Waals surface area contributed by atoms with E-state index >= 15 is 0 Å². The molecule has 0 bridgehead atoms. The molecule has 0 aliphatic heterocycles. The molecule has 1 rings (SSSR count). The number of rotatable bonds is 5. The van der Waals surface area contributed by atoms with Gasteiger partial charge in [-0.15, -0.1) is 5.10 Å². The van der Waals surface area contributed by atoms with Crippen LogP contribution < -0.4 is 0 Å². The van der Waals surface area contributed by atoms with Gasteiger partial charge in [0.25, 0.3) is 0 Å². The minimum absolute atomic E-state index is 0.980. The van der Waals surface area contributed by atoms with Gasteiger partial charge < -0.3 is 0 Å². The van der Waals surface area contributed by atoms with Gasteiger partial charge in [0.1, 0.15) is 0 Å². The first-order valence-corrected chi connectivity index (χ1v) is 4.75. The topological polar surface area (TPSA) is 30.7 Å². The molecule has 0 saturated carbocycles. The number of hydrogen-bond acceptors (Lipinski definition) is 2. The SMILES string of the molecule is CCCCCn1cc(CC)nn1. The van der Waals surface area contributed by atoms with Crippen LogP contribution in [0, 0.1) is 0 Å². The minimum Gasteiger partial charge on any atom is -0.252 e. The van der Waals surface area contributed by atoms with Gasteiger partial charge in [0.2, 0.25) is 0 Å². The van der Waals surface area contributed by atoms with Gasteiger partial charge in [-0.05, 0) is 12.8 Å². The van der Waals surface area contributed by atoms with Crippen LogP contribution in [-0.4, -0.2) is 15.0 Å². The monoisotopic (exact) mass is 167 g/mol. The van der Waals surface area contributed by atoms with E-state index in [0.717, 1.165) is 18.7 Å². The van der Waals surface area contributed by atoms with E-state index in [4.69, 9.17) is 0 Å². The van der Waals surface area contributed by atoms with Gasteiger partial charge in [-0.3, -0.25) is 4.68 Å². The van der Waals surface area contributed by atoms with Crippen molar-refractivity contribution in [3.63, 3.8) is 0 Å². The number of unbranched alkanes of at least 4 members (excludes halogenated alkanes) is 2. The molecule has 0 saturated heterocycles. The summed E-state index contributed by atoms with van der Waals surface area (Å²) in [5.74, 6) is 0. The van der Waals surface area contributed by atoms with Crippen LogP contribution in [0.25, 0.3) is 0 Å². The van der Waals surface area contributed by atoms with Crippen molar-refractivity contribution in [2.45, 2.75) is 46.1 Å². The van der Waals surface area contributed by atoms with Gasteiger partial charge in [-0.2, -0.15) is 0 Å². The molecular weight excluding hydrogens is 150 g/mol. The minimum atomic E-state index is 0.980. The molecule has 1 aromatic rings. The Hall–Kier alpha value is -0.860. The van der Waals surface area contributed by atoms with E-state index < -0.39 is 0 Å². The highest BCUT2D eigenvalue weighted by Gasteiger charge is 1.96. The molecule has 0 amide bonds. The molecule has 0 spiro atoms. The molecule has 0 unspecified atom stereocenters. The number of hydrogen-bond donors (Lipinski definition) is 0. The predicted molar refractivity (Wildman–Crippen MR) is 48.9 cm³/mol. The van der Waals surface area contributed by atoms with Crippen LogP contribution in [0.4, 0.5) is 0 Å². The summed E-state index contributed by atoms with van der Waals surface area (Å²) < 4.78 is 1.94. The predicted octanol–water partition coefficient (Wildman–Crippen LogP) is 2.03. The summed E-state index contributed by atoms with van der Waals surface area (Å²) in [6.07, 6.45) is 6.77. The Morgan fingerprint density at radius 3 is 2.75 bits per heavy atom. The normalized spacial score (nSPS) is 10.5. The van der Waals surface area contributed by atoms with Gasteiger partial charge in [0.05, 0.1) is 5.69 Å². The summed E-state index contributed by atoms with van der Waals surface area (Å²) in [5, 5.41) is 8.05. The van der Waals surface area contributed by atoms with Gasteiger partial charge in [-0.25, -0.2) is 0 Å². The van der Waals surface area contributed by atoms with Crippen LogP contribution in [0.5, 0.6) is 0 Å². The molecule has 0 aliphatic rings. The summed E-state index contributed by atoms with van der Waals surface area (Å²) >= 11 is 0. The molecule has 0 fully saturated rings. The van der Waals surface area contributed by atoms with Crippen LogP contribution >= 0.6 is 0 Å². The van der Waals surface area contributed by atoms with Crippen molar-refractivity contribution in [1.29, 1.82) is 0 Å². The first-order valence-electron chi connectivity index (χ1n) is 4.75. The van der Waals surface area contributed by atoms with Crippen LogP contribution in [0.3, 0.4) is 0 Å². The third-order valence-electron chi connectivity index (χ3n) is 1.94. The van der Waals surface area contributed by atoms with Gasteiger partial charge in [0.15, 0.2) is 0 Å². The Balaban J connectivity index is 2.31. The Labute approximate surface area is 73.8 Å². The van der Waals surface area contributed by atoms with E-state index in [1.807, 2.05) is 10.9 Å². The summed E-state index contributed by atoms with van der Waals surface area (Å²) in [4.78, 5) is 0. The van der Waals surface area contributed by atoms with E-state index in [1.165, 1.54) is 19.3 Å². The van der Waals surface area contributed by atoms with Crippen molar-refractivity contribution in [3.05, 3.63) is 11.9 Å². The van der Waals surface area contributed by atoms with Crippen molar-refractivity contribution in [1.82, 2.24) is 15.0 Å². The quantitative estimate of drug-likeness (QED) is 0.628. The zero-order chi connectivity index (χ0) is 8.81. The third-order valence-corrected chi connectivity index (χ3v) is 1.94. The lowest BCUT2D eigenvalue weighted by atomic mass is 10.2. The van der Waals surface area contributed by atoms with Crippen molar-refractivity contribution in [2.75, 3.05) is 0 Å². The lowest BCUT2D eigenvalue weighted by Gasteiger charge is -1.96. The van der Waals surface area contributed by atoms with Gasteiger partial charge >= 0.3 is 0 Å². The molecule has 68 valence electrons. The Kier molecular flexibility index (Phi) is 3.77. The summed E-state index contributed by atoms with van der Waals surface area (Å²) in [5.41, 5.74) is 1.09. The van der Waals surface area contributed by atoms with Crippen molar-refractivity contribution >= 4 is 0 Å². The highest BCUT2D eigenvalue weighted by atomic mass is 15.4. The van der Waals surface area contributed by atoms with Crippen molar-refractivity contribution < 1.29 is 0 Å². The summed E-state index contributed by atoms with van der Waals surface area (Å²) in [7, 11) is 0. The van der Waals surface area contributed by atoms with Crippen LogP contribution in [0.15, 0.2) is 6.20 Å². The Morgan fingerprint density at radius 2 is 2.17 bits per heavy atom. The molecule has 0 N–H and O–H groups in total. The van der Waals surface area contributed by atoms with Crippen molar-refractivity contribution in [3.8, 4) is 0 Å². The van der Waals surface area contributed by atoms with E-state index in [9.17, 15) is 0 Å². The average molecular weight is 167 g/mol. The molecular formula is C9H17N3. The Bertz CT molecular complexity index is 217. The van der Waals surface area contributed by atoms with E-state index in [1.54, 1.807) is 0 Å². The van der Waals surface area contributed by atoms with Crippen LogP contribution in [-0.2, 0) is 13.0 Å². The molecule has 0 radical (unpaired) electrons. The molecule has 1 aromatic heterocycles. The van der Waals surface area contributed by atoms with Gasteiger partial charge in [-0.1, -0.05) is 31.9 Å². The lowest BCUT2D eigenvalue weighted by Crippen LogP contribution is -1.98. The maximum Gasteiger partial charge on any atom is 0.0824 e. The zero-order valence-electron chi connectivity index (χ0n) is 7.95. The third kappa shape index (κ3) is 2.64. The van der Waals surface area contributed by atoms with Crippen LogP contribution in [0.2, 0.25) is 0 Å². The largest absolute Gasteiger partial charge is 0.252 e. The van der Waals surface area contributed by atoms with Crippen molar-refractivity contribution in [2.24, 2.45) is 0 Å².